The van der Waals surface area contributed by atoms with Crippen LogP contribution in [0.25, 0.3) is 0 Å². The van der Waals surface area contributed by atoms with Crippen LogP contribution in [0.4, 0.5) is 16.2 Å². The van der Waals surface area contributed by atoms with Gasteiger partial charge in [-0.25, -0.2) is 4.79 Å². The number of carbonyl (C=O) groups excluding carboxylic acids is 2. The van der Waals surface area contributed by atoms with E-state index >= 15 is 0 Å². The minimum absolute atomic E-state index is 0.247. The highest BCUT2D eigenvalue weighted by molar-refractivity contribution is 5.98. The van der Waals surface area contributed by atoms with Crippen molar-refractivity contribution in [3.05, 3.63) is 48.5 Å². The van der Waals surface area contributed by atoms with E-state index in [9.17, 15) is 9.59 Å². The summed E-state index contributed by atoms with van der Waals surface area (Å²) in [5, 5.41) is 5.56. The number of hydrogen-bond donors (Lipinski definition) is 2. The molecule has 2 N–H and O–H groups in total. The first-order chi connectivity index (χ1) is 14.5. The minimum atomic E-state index is -0.708. The van der Waals surface area contributed by atoms with Crippen molar-refractivity contribution in [1.82, 2.24) is 10.2 Å². The number of carbonyl (C=O) groups is 2. The van der Waals surface area contributed by atoms with E-state index in [1.165, 1.54) is 7.11 Å². The third kappa shape index (κ3) is 5.14. The highest BCUT2D eigenvalue weighted by Gasteiger charge is 2.24. The van der Waals surface area contributed by atoms with Crippen molar-refractivity contribution in [3.63, 3.8) is 0 Å². The summed E-state index contributed by atoms with van der Waals surface area (Å²) in [5.41, 5.74) is 1.64. The van der Waals surface area contributed by atoms with Crippen LogP contribution in [0.3, 0.4) is 0 Å². The fourth-order valence-corrected chi connectivity index (χ4v) is 3.30. The average molecular weight is 412 g/mol. The average Bonchev–Trinajstić information content (AvgIpc) is 2.79. The molecule has 0 radical (unpaired) electrons. The normalized spacial score (nSPS) is 14.6. The van der Waals surface area contributed by atoms with Crippen molar-refractivity contribution in [2.24, 2.45) is 0 Å². The summed E-state index contributed by atoms with van der Waals surface area (Å²) in [6, 6.07) is 14.3. The topological polar surface area (TPSA) is 83.1 Å². The Balaban J connectivity index is 1.53. The molecule has 2 aromatic carbocycles. The van der Waals surface area contributed by atoms with Crippen LogP contribution in [-0.4, -0.2) is 63.3 Å². The molecular weight excluding hydrogens is 384 g/mol. The van der Waals surface area contributed by atoms with E-state index in [1.54, 1.807) is 37.1 Å². The van der Waals surface area contributed by atoms with E-state index < -0.39 is 6.04 Å². The summed E-state index contributed by atoms with van der Waals surface area (Å²) in [4.78, 5) is 29.2. The molecule has 0 aliphatic carbocycles. The summed E-state index contributed by atoms with van der Waals surface area (Å²) in [6.45, 7) is 4.34. The summed E-state index contributed by atoms with van der Waals surface area (Å²) >= 11 is 0. The van der Waals surface area contributed by atoms with Crippen molar-refractivity contribution in [2.75, 3.05) is 50.6 Å². The van der Waals surface area contributed by atoms with Crippen LogP contribution in [0, 0.1) is 0 Å². The molecule has 0 bridgehead atoms. The number of urea groups is 1. The zero-order valence-electron chi connectivity index (χ0n) is 17.6. The highest BCUT2D eigenvalue weighted by atomic mass is 16.5. The summed E-state index contributed by atoms with van der Waals surface area (Å²) in [6.07, 6.45) is 0. The summed E-state index contributed by atoms with van der Waals surface area (Å²) in [7, 11) is 3.07. The zero-order chi connectivity index (χ0) is 21.5. The first-order valence-electron chi connectivity index (χ1n) is 9.90. The Kier molecular flexibility index (Phi) is 7.00. The molecule has 0 aromatic heterocycles. The van der Waals surface area contributed by atoms with Crippen LogP contribution >= 0.6 is 0 Å². The van der Waals surface area contributed by atoms with Crippen LogP contribution in [0.2, 0.25) is 0 Å². The number of hydrogen-bond acceptors (Lipinski definition) is 5. The molecule has 1 atom stereocenters. The van der Waals surface area contributed by atoms with Gasteiger partial charge in [0.1, 0.15) is 17.5 Å². The smallest absolute Gasteiger partial charge is 0.318 e. The van der Waals surface area contributed by atoms with Gasteiger partial charge in [-0.3, -0.25) is 4.79 Å². The molecule has 3 rings (SSSR count). The molecule has 1 fully saturated rings. The molecule has 8 nitrogen and oxygen atoms in total. The fraction of sp³-hybridized carbons (Fsp3) is 0.364. The Hall–Kier alpha value is -3.42. The molecule has 160 valence electrons. The Morgan fingerprint density at radius 1 is 0.967 bits per heavy atom. The molecular formula is C22H28N4O4. The number of nitrogens with zero attached hydrogens (tertiary/aromatic N) is 2. The lowest BCUT2D eigenvalue weighted by Crippen LogP contribution is -2.54. The van der Waals surface area contributed by atoms with Crippen molar-refractivity contribution in [2.45, 2.75) is 13.0 Å². The van der Waals surface area contributed by atoms with Crippen molar-refractivity contribution in [3.8, 4) is 11.5 Å². The van der Waals surface area contributed by atoms with Gasteiger partial charge in [-0.2, -0.15) is 0 Å². The third-order valence-electron chi connectivity index (χ3n) is 5.09. The molecule has 0 saturated carbocycles. The standard InChI is InChI=1S/C22H28N4O4/c1-16(21(27)24-19-15-18(29-2)9-10-20(19)30-3)23-22(28)26-13-11-25(12-14-26)17-7-5-4-6-8-17/h4-10,15-16H,11-14H2,1-3H3,(H,23,28)(H,24,27)/t16-/m0/s1. The number of benzene rings is 2. The Morgan fingerprint density at radius 2 is 1.67 bits per heavy atom. The van der Waals surface area contributed by atoms with Gasteiger partial charge < -0.3 is 29.9 Å². The number of rotatable bonds is 6. The van der Waals surface area contributed by atoms with E-state index in [4.69, 9.17) is 9.47 Å². The molecule has 1 heterocycles. The van der Waals surface area contributed by atoms with Crippen molar-refractivity contribution >= 4 is 23.3 Å². The van der Waals surface area contributed by atoms with Gasteiger partial charge in [0.2, 0.25) is 5.91 Å². The predicted octanol–water partition coefficient (Wildman–Crippen LogP) is 2.56. The van der Waals surface area contributed by atoms with Gasteiger partial charge >= 0.3 is 6.03 Å². The van der Waals surface area contributed by atoms with Gasteiger partial charge in [-0.05, 0) is 31.2 Å². The van der Waals surface area contributed by atoms with Crippen molar-refractivity contribution in [1.29, 1.82) is 0 Å². The number of nitrogens with one attached hydrogen (secondary N) is 2. The van der Waals surface area contributed by atoms with Gasteiger partial charge in [-0.1, -0.05) is 18.2 Å². The maximum absolute atomic E-state index is 12.6. The number of para-hydroxylation sites is 1. The van der Waals surface area contributed by atoms with E-state index in [0.717, 1.165) is 18.8 Å². The van der Waals surface area contributed by atoms with Gasteiger partial charge in [-0.15, -0.1) is 0 Å². The Labute approximate surface area is 176 Å². The lowest BCUT2D eigenvalue weighted by atomic mass is 10.2. The molecule has 30 heavy (non-hydrogen) atoms. The second-order valence-electron chi connectivity index (χ2n) is 7.04. The van der Waals surface area contributed by atoms with E-state index in [2.05, 4.69) is 27.7 Å². The Bertz CT molecular complexity index is 867. The second-order valence-corrected chi connectivity index (χ2v) is 7.04. The highest BCUT2D eigenvalue weighted by Crippen LogP contribution is 2.29. The van der Waals surface area contributed by atoms with Gasteiger partial charge in [0.15, 0.2) is 0 Å². The molecule has 2 aromatic rings. The van der Waals surface area contributed by atoms with Crippen LogP contribution in [0.5, 0.6) is 11.5 Å². The maximum Gasteiger partial charge on any atom is 0.318 e. The van der Waals surface area contributed by atoms with Crippen LogP contribution in [0.15, 0.2) is 48.5 Å². The molecule has 8 heteroatoms. The Morgan fingerprint density at radius 3 is 2.30 bits per heavy atom. The quantitative estimate of drug-likeness (QED) is 0.762. The number of methoxy groups -OCH3 is 2. The molecule has 0 spiro atoms. The van der Waals surface area contributed by atoms with Crippen molar-refractivity contribution < 1.29 is 19.1 Å². The van der Waals surface area contributed by atoms with Crippen LogP contribution < -0.4 is 25.0 Å². The monoisotopic (exact) mass is 412 g/mol. The second kappa shape index (κ2) is 9.87. The summed E-state index contributed by atoms with van der Waals surface area (Å²) in [5.74, 6) is 0.775. The summed E-state index contributed by atoms with van der Waals surface area (Å²) < 4.78 is 10.5. The van der Waals surface area contributed by atoms with Crippen LogP contribution in [-0.2, 0) is 4.79 Å². The number of anilines is 2. The zero-order valence-corrected chi connectivity index (χ0v) is 17.6. The molecule has 1 saturated heterocycles. The first-order valence-corrected chi connectivity index (χ1v) is 9.90. The third-order valence-corrected chi connectivity index (χ3v) is 5.09. The van der Waals surface area contributed by atoms with Gasteiger partial charge in [0.05, 0.1) is 19.9 Å². The molecule has 3 amide bonds. The number of amides is 3. The SMILES string of the molecule is COc1ccc(OC)c(NC(=O)[C@H](C)NC(=O)N2CCN(c3ccccc3)CC2)c1. The molecule has 1 aliphatic rings. The van der Waals surface area contributed by atoms with Crippen LogP contribution in [0.1, 0.15) is 6.92 Å². The number of ether oxygens (including phenoxy) is 2. The lowest BCUT2D eigenvalue weighted by Gasteiger charge is -2.36. The first kappa shape index (κ1) is 21.3. The minimum Gasteiger partial charge on any atom is -0.497 e. The van der Waals surface area contributed by atoms with Gasteiger partial charge in [0.25, 0.3) is 0 Å². The fourth-order valence-electron chi connectivity index (χ4n) is 3.30. The number of piperazine rings is 1. The van der Waals surface area contributed by atoms with E-state index in [-0.39, 0.29) is 11.9 Å². The maximum atomic E-state index is 12.6. The predicted molar refractivity (Wildman–Crippen MR) is 116 cm³/mol. The molecule has 0 unspecified atom stereocenters. The van der Waals surface area contributed by atoms with Gasteiger partial charge in [0, 0.05) is 37.9 Å². The van der Waals surface area contributed by atoms with E-state index in [0.29, 0.717) is 30.3 Å². The molecule has 1 aliphatic heterocycles. The lowest BCUT2D eigenvalue weighted by molar-refractivity contribution is -0.117. The van der Waals surface area contributed by atoms with E-state index in [1.807, 2.05) is 18.2 Å². The largest absolute Gasteiger partial charge is 0.497 e.